The highest BCUT2D eigenvalue weighted by molar-refractivity contribution is 7.90. The Labute approximate surface area is 197 Å². The van der Waals surface area contributed by atoms with Crippen LogP contribution >= 0.6 is 11.6 Å². The third-order valence-electron chi connectivity index (χ3n) is 6.47. The van der Waals surface area contributed by atoms with Crippen LogP contribution in [0.25, 0.3) is 0 Å². The molecule has 2 bridgehead atoms. The molecule has 2 saturated heterocycles. The second-order valence-electron chi connectivity index (χ2n) is 8.66. The molecule has 3 heterocycles. The van der Waals surface area contributed by atoms with E-state index in [0.29, 0.717) is 46.6 Å². The van der Waals surface area contributed by atoms with Gasteiger partial charge in [-0.1, -0.05) is 11.6 Å². The van der Waals surface area contributed by atoms with E-state index in [1.54, 1.807) is 22.5 Å². The van der Waals surface area contributed by atoms with Crippen molar-refractivity contribution in [1.29, 1.82) is 5.26 Å². The summed E-state index contributed by atoms with van der Waals surface area (Å²) >= 11 is 6.28. The van der Waals surface area contributed by atoms with Crippen molar-refractivity contribution in [2.24, 2.45) is 0 Å². The highest BCUT2D eigenvalue weighted by atomic mass is 35.5. The highest BCUT2D eigenvalue weighted by Gasteiger charge is 2.52. The molecule has 5 rings (SSSR count). The van der Waals surface area contributed by atoms with Crippen LogP contribution in [0.4, 0.5) is 11.5 Å². The minimum absolute atomic E-state index is 0.0257. The van der Waals surface area contributed by atoms with Crippen LogP contribution in [0.2, 0.25) is 5.02 Å². The zero-order chi connectivity index (χ0) is 23.2. The Kier molecular flexibility index (Phi) is 5.80. The molecule has 9 nitrogen and oxygen atoms in total. The Hall–Kier alpha value is -2.61. The lowest BCUT2D eigenvalue weighted by molar-refractivity contribution is 0.0888. The summed E-state index contributed by atoms with van der Waals surface area (Å²) in [5, 5.41) is 12.3. The molecule has 0 radical (unpaired) electrons. The van der Waals surface area contributed by atoms with Crippen LogP contribution in [0.5, 0.6) is 11.6 Å². The summed E-state index contributed by atoms with van der Waals surface area (Å²) in [6.45, 7) is 0. The number of methoxy groups -OCH3 is 1. The first-order valence-corrected chi connectivity index (χ1v) is 12.8. The maximum absolute atomic E-state index is 12.9. The number of benzene rings is 1. The number of hydrogen-bond donors (Lipinski definition) is 1. The van der Waals surface area contributed by atoms with E-state index in [2.05, 4.69) is 15.3 Å². The molecule has 1 aromatic carbocycles. The predicted octanol–water partition coefficient (Wildman–Crippen LogP) is 3.62. The average Bonchev–Trinajstić information content (AvgIpc) is 3.61. The van der Waals surface area contributed by atoms with Gasteiger partial charge in [-0.3, -0.25) is 0 Å². The third-order valence-corrected chi connectivity index (χ3v) is 9.28. The van der Waals surface area contributed by atoms with Crippen molar-refractivity contribution in [3.8, 4) is 17.7 Å². The van der Waals surface area contributed by atoms with Crippen molar-refractivity contribution in [3.05, 3.63) is 35.1 Å². The smallest absolute Gasteiger partial charge is 0.262 e. The summed E-state index contributed by atoms with van der Waals surface area (Å²) in [6.07, 6.45) is 5.73. The van der Waals surface area contributed by atoms with Crippen molar-refractivity contribution >= 4 is 33.1 Å². The van der Waals surface area contributed by atoms with Crippen LogP contribution in [0.3, 0.4) is 0 Å². The van der Waals surface area contributed by atoms with Crippen LogP contribution in [0, 0.1) is 11.3 Å². The molecule has 1 aliphatic carbocycles. The number of nitriles is 1. The minimum Gasteiger partial charge on any atom is -0.489 e. The number of ether oxygens (including phenoxy) is 2. The van der Waals surface area contributed by atoms with Crippen molar-refractivity contribution in [1.82, 2.24) is 14.3 Å². The molecule has 33 heavy (non-hydrogen) atoms. The molecule has 2 aliphatic heterocycles. The van der Waals surface area contributed by atoms with Crippen LogP contribution in [-0.4, -0.2) is 53.2 Å². The van der Waals surface area contributed by atoms with Gasteiger partial charge in [0.2, 0.25) is 15.8 Å². The first kappa shape index (κ1) is 22.2. The fourth-order valence-corrected chi connectivity index (χ4v) is 7.34. The molecule has 2 unspecified atom stereocenters. The first-order chi connectivity index (χ1) is 15.9. The standard InChI is InChI=1S/C22H24ClN5O4S/c1-31-20-21(27-19-7-2-13(11-24)8-18(19)23)25-12-26-22(20)32-16-9-14-3-4-15(10-16)28(14)33(29,30)17-5-6-17/h2,7-8,12,14-17H,3-6,9-10H2,1H3,(H,25,26,27)/t14-,15?,16?/m0/s1. The summed E-state index contributed by atoms with van der Waals surface area (Å²) < 4.78 is 39.3. The van der Waals surface area contributed by atoms with Gasteiger partial charge < -0.3 is 14.8 Å². The van der Waals surface area contributed by atoms with Crippen LogP contribution in [0.1, 0.15) is 44.1 Å². The van der Waals surface area contributed by atoms with Crippen LogP contribution < -0.4 is 14.8 Å². The molecule has 1 aromatic heterocycles. The Morgan fingerprint density at radius 3 is 2.52 bits per heavy atom. The number of halogens is 1. The molecular formula is C22H24ClN5O4S. The molecule has 3 aliphatic rings. The summed E-state index contributed by atoms with van der Waals surface area (Å²) in [5.74, 6) is 1.01. The number of nitrogens with zero attached hydrogens (tertiary/aromatic N) is 4. The van der Waals surface area contributed by atoms with Crippen molar-refractivity contribution < 1.29 is 17.9 Å². The molecule has 0 amide bonds. The van der Waals surface area contributed by atoms with Gasteiger partial charge in [0.1, 0.15) is 12.4 Å². The van der Waals surface area contributed by atoms with Gasteiger partial charge in [-0.25, -0.2) is 13.4 Å². The zero-order valence-corrected chi connectivity index (χ0v) is 19.6. The molecule has 11 heteroatoms. The lowest BCUT2D eigenvalue weighted by Crippen LogP contribution is -2.50. The number of aromatic nitrogens is 2. The maximum atomic E-state index is 12.9. The Bertz CT molecular complexity index is 1200. The number of fused-ring (bicyclic) bond motifs is 2. The lowest BCUT2D eigenvalue weighted by Gasteiger charge is -2.37. The molecule has 1 N–H and O–H groups in total. The van der Waals surface area contributed by atoms with E-state index in [-0.39, 0.29) is 23.4 Å². The second kappa shape index (κ2) is 8.63. The monoisotopic (exact) mass is 489 g/mol. The molecular weight excluding hydrogens is 466 g/mol. The largest absolute Gasteiger partial charge is 0.489 e. The molecule has 1 saturated carbocycles. The molecule has 174 valence electrons. The lowest BCUT2D eigenvalue weighted by atomic mass is 10.0. The predicted molar refractivity (Wildman–Crippen MR) is 122 cm³/mol. The van der Waals surface area contributed by atoms with Crippen LogP contribution in [-0.2, 0) is 10.0 Å². The summed E-state index contributed by atoms with van der Waals surface area (Å²) in [6, 6.07) is 6.90. The summed E-state index contributed by atoms with van der Waals surface area (Å²) in [7, 11) is -1.69. The molecule has 3 atom stereocenters. The van der Waals surface area contributed by atoms with E-state index < -0.39 is 10.0 Å². The number of hydrogen-bond acceptors (Lipinski definition) is 8. The van der Waals surface area contributed by atoms with E-state index in [0.717, 1.165) is 25.7 Å². The Morgan fingerprint density at radius 2 is 1.91 bits per heavy atom. The fourth-order valence-electron chi connectivity index (χ4n) is 4.82. The van der Waals surface area contributed by atoms with Crippen molar-refractivity contribution in [2.75, 3.05) is 12.4 Å². The minimum atomic E-state index is -3.20. The van der Waals surface area contributed by atoms with E-state index >= 15 is 0 Å². The van der Waals surface area contributed by atoms with Gasteiger partial charge in [0.05, 0.1) is 34.7 Å². The van der Waals surface area contributed by atoms with E-state index in [1.165, 1.54) is 13.4 Å². The van der Waals surface area contributed by atoms with E-state index in [1.807, 2.05) is 6.07 Å². The number of nitrogens with one attached hydrogen (secondary N) is 1. The second-order valence-corrected chi connectivity index (χ2v) is 11.2. The van der Waals surface area contributed by atoms with Gasteiger partial charge in [0.15, 0.2) is 5.82 Å². The molecule has 0 spiro atoms. The molecule has 2 aromatic rings. The number of anilines is 2. The van der Waals surface area contributed by atoms with Gasteiger partial charge in [-0.15, -0.1) is 0 Å². The fraction of sp³-hybridized carbons (Fsp3) is 0.500. The zero-order valence-electron chi connectivity index (χ0n) is 18.1. The average molecular weight is 490 g/mol. The van der Waals surface area contributed by atoms with Gasteiger partial charge in [-0.2, -0.15) is 14.6 Å². The van der Waals surface area contributed by atoms with Crippen molar-refractivity contribution in [3.63, 3.8) is 0 Å². The first-order valence-electron chi connectivity index (χ1n) is 11.0. The van der Waals surface area contributed by atoms with Crippen LogP contribution in [0.15, 0.2) is 24.5 Å². The van der Waals surface area contributed by atoms with Crippen molar-refractivity contribution in [2.45, 2.75) is 62.0 Å². The topological polar surface area (TPSA) is 117 Å². The number of piperidine rings is 1. The quantitative estimate of drug-likeness (QED) is 0.626. The van der Waals surface area contributed by atoms with Gasteiger partial charge in [0, 0.05) is 24.9 Å². The molecule has 3 fully saturated rings. The highest BCUT2D eigenvalue weighted by Crippen LogP contribution is 2.44. The van der Waals surface area contributed by atoms with E-state index in [4.69, 9.17) is 26.3 Å². The number of rotatable bonds is 7. The Balaban J connectivity index is 1.33. The normalized spacial score (nSPS) is 24.8. The SMILES string of the molecule is COc1c(Nc2ccc(C#N)cc2Cl)ncnc1OC1CC2CC[C@@H](C1)N2S(=O)(=O)C1CC1. The third kappa shape index (κ3) is 4.21. The van der Waals surface area contributed by atoms with Gasteiger partial charge in [-0.05, 0) is 43.9 Å². The number of sulfonamides is 1. The van der Waals surface area contributed by atoms with Gasteiger partial charge >= 0.3 is 0 Å². The van der Waals surface area contributed by atoms with E-state index in [9.17, 15) is 8.42 Å². The maximum Gasteiger partial charge on any atom is 0.262 e. The van der Waals surface area contributed by atoms with Gasteiger partial charge in [0.25, 0.3) is 5.88 Å². The summed E-state index contributed by atoms with van der Waals surface area (Å²) in [4.78, 5) is 8.52. The summed E-state index contributed by atoms with van der Waals surface area (Å²) in [5.41, 5.74) is 1.02. The Morgan fingerprint density at radius 1 is 1.18 bits per heavy atom.